The number of anilines is 1. The zero-order valence-electron chi connectivity index (χ0n) is 10.4. The molecule has 4 heteroatoms. The van der Waals surface area contributed by atoms with Crippen molar-refractivity contribution in [2.75, 3.05) is 18.0 Å². The third kappa shape index (κ3) is 2.12. The molecule has 0 saturated carbocycles. The highest BCUT2D eigenvalue weighted by Crippen LogP contribution is 2.27. The molecule has 0 spiro atoms. The van der Waals surface area contributed by atoms with Gasteiger partial charge in [-0.15, -0.1) is 0 Å². The molecular weight excluding hydrogens is 216 g/mol. The number of carboxylic acids is 1. The van der Waals surface area contributed by atoms with Crippen molar-refractivity contribution < 1.29 is 9.90 Å². The first-order valence-electron chi connectivity index (χ1n) is 6.18. The Labute approximate surface area is 101 Å². The van der Waals surface area contributed by atoms with Crippen LogP contribution in [0.25, 0.3) is 0 Å². The number of aromatic carboxylic acids is 1. The van der Waals surface area contributed by atoms with Gasteiger partial charge in [0.05, 0.1) is 0 Å². The highest BCUT2D eigenvalue weighted by Gasteiger charge is 2.22. The van der Waals surface area contributed by atoms with Crippen LogP contribution in [0.4, 0.5) is 5.82 Å². The zero-order valence-corrected chi connectivity index (χ0v) is 10.4. The van der Waals surface area contributed by atoms with E-state index in [1.165, 1.54) is 0 Å². The Hall–Kier alpha value is -1.58. The van der Waals surface area contributed by atoms with Crippen LogP contribution in [-0.2, 0) is 12.8 Å². The first kappa shape index (κ1) is 11.9. The molecule has 0 atom stereocenters. The van der Waals surface area contributed by atoms with Crippen molar-refractivity contribution in [1.29, 1.82) is 0 Å². The van der Waals surface area contributed by atoms with Crippen molar-refractivity contribution in [1.82, 2.24) is 4.98 Å². The van der Waals surface area contributed by atoms with Crippen LogP contribution in [0.3, 0.4) is 0 Å². The van der Waals surface area contributed by atoms with Crippen molar-refractivity contribution in [2.24, 2.45) is 0 Å². The largest absolute Gasteiger partial charge is 0.478 e. The van der Waals surface area contributed by atoms with Gasteiger partial charge in [0.2, 0.25) is 0 Å². The molecular formula is C13H18N2O2. The molecule has 0 radical (unpaired) electrons. The molecule has 92 valence electrons. The van der Waals surface area contributed by atoms with E-state index in [1.807, 2.05) is 24.8 Å². The van der Waals surface area contributed by atoms with Gasteiger partial charge in [0.1, 0.15) is 11.4 Å². The number of hydrogen-bond donors (Lipinski definition) is 1. The van der Waals surface area contributed by atoms with Gasteiger partial charge < -0.3 is 10.0 Å². The van der Waals surface area contributed by atoms with Gasteiger partial charge in [0, 0.05) is 18.8 Å². The van der Waals surface area contributed by atoms with Crippen LogP contribution < -0.4 is 4.90 Å². The van der Waals surface area contributed by atoms with Gasteiger partial charge in [-0.3, -0.25) is 0 Å². The summed E-state index contributed by atoms with van der Waals surface area (Å²) in [6, 6.07) is 1.81. The summed E-state index contributed by atoms with van der Waals surface area (Å²) >= 11 is 0. The second-order valence-corrected chi connectivity index (χ2v) is 4.30. The number of nitrogens with zero attached hydrogens (tertiary/aromatic N) is 2. The average Bonchev–Trinajstić information content (AvgIpc) is 2.76. The van der Waals surface area contributed by atoms with Crippen molar-refractivity contribution in [3.63, 3.8) is 0 Å². The molecule has 2 rings (SSSR count). The minimum Gasteiger partial charge on any atom is -0.478 e. The van der Waals surface area contributed by atoms with Crippen molar-refractivity contribution in [3.8, 4) is 0 Å². The SMILES string of the molecule is CCN(CC)c1nc2c(cc1C(=O)O)CCC2. The molecule has 1 aliphatic rings. The summed E-state index contributed by atoms with van der Waals surface area (Å²) in [5.74, 6) is -0.253. The van der Waals surface area contributed by atoms with Crippen molar-refractivity contribution in [2.45, 2.75) is 33.1 Å². The number of carboxylic acid groups (broad SMARTS) is 1. The number of rotatable bonds is 4. The Morgan fingerprint density at radius 2 is 2.12 bits per heavy atom. The number of aromatic nitrogens is 1. The van der Waals surface area contributed by atoms with Crippen LogP contribution in [0.2, 0.25) is 0 Å². The lowest BCUT2D eigenvalue weighted by molar-refractivity contribution is 0.0697. The fraction of sp³-hybridized carbons (Fsp3) is 0.538. The van der Waals surface area contributed by atoms with Gasteiger partial charge in [-0.05, 0) is 44.7 Å². The van der Waals surface area contributed by atoms with Crippen molar-refractivity contribution >= 4 is 11.8 Å². The predicted molar refractivity (Wildman–Crippen MR) is 66.8 cm³/mol. The van der Waals surface area contributed by atoms with Crippen LogP contribution >= 0.6 is 0 Å². The zero-order chi connectivity index (χ0) is 12.4. The van der Waals surface area contributed by atoms with E-state index in [1.54, 1.807) is 0 Å². The van der Waals surface area contributed by atoms with Gasteiger partial charge in [0.15, 0.2) is 0 Å². The highest BCUT2D eigenvalue weighted by molar-refractivity contribution is 5.93. The van der Waals surface area contributed by atoms with E-state index in [4.69, 9.17) is 0 Å². The summed E-state index contributed by atoms with van der Waals surface area (Å²) < 4.78 is 0. The number of aryl methyl sites for hydroxylation is 2. The van der Waals surface area contributed by atoms with Crippen LogP contribution in [0, 0.1) is 0 Å². The molecule has 1 aliphatic carbocycles. The molecule has 4 nitrogen and oxygen atoms in total. The molecule has 0 unspecified atom stereocenters. The Morgan fingerprint density at radius 3 is 2.71 bits per heavy atom. The monoisotopic (exact) mass is 234 g/mol. The molecule has 1 N–H and O–H groups in total. The summed E-state index contributed by atoms with van der Waals surface area (Å²) in [6.45, 7) is 5.60. The maximum atomic E-state index is 11.3. The van der Waals surface area contributed by atoms with Crippen LogP contribution in [0.15, 0.2) is 6.07 Å². The van der Waals surface area contributed by atoms with E-state index < -0.39 is 5.97 Å². The van der Waals surface area contributed by atoms with Gasteiger partial charge in [-0.25, -0.2) is 9.78 Å². The Bertz CT molecular complexity index is 439. The third-order valence-corrected chi connectivity index (χ3v) is 3.32. The smallest absolute Gasteiger partial charge is 0.339 e. The lowest BCUT2D eigenvalue weighted by Crippen LogP contribution is -2.26. The van der Waals surface area contributed by atoms with Gasteiger partial charge in [-0.1, -0.05) is 0 Å². The Morgan fingerprint density at radius 1 is 1.41 bits per heavy atom. The Kier molecular flexibility index (Phi) is 3.31. The van der Waals surface area contributed by atoms with E-state index in [0.717, 1.165) is 43.6 Å². The lowest BCUT2D eigenvalue weighted by Gasteiger charge is -2.22. The number of hydrogen-bond acceptors (Lipinski definition) is 3. The van der Waals surface area contributed by atoms with Gasteiger partial charge in [0.25, 0.3) is 0 Å². The minimum atomic E-state index is -0.880. The average molecular weight is 234 g/mol. The summed E-state index contributed by atoms with van der Waals surface area (Å²) in [6.07, 6.45) is 3.02. The summed E-state index contributed by atoms with van der Waals surface area (Å²) in [7, 11) is 0. The number of fused-ring (bicyclic) bond motifs is 1. The highest BCUT2D eigenvalue weighted by atomic mass is 16.4. The second kappa shape index (κ2) is 4.73. The van der Waals surface area contributed by atoms with E-state index in [-0.39, 0.29) is 0 Å². The van der Waals surface area contributed by atoms with E-state index in [9.17, 15) is 9.90 Å². The first-order chi connectivity index (χ1) is 8.17. The fourth-order valence-electron chi connectivity index (χ4n) is 2.38. The fourth-order valence-corrected chi connectivity index (χ4v) is 2.38. The molecule has 17 heavy (non-hydrogen) atoms. The number of carbonyl (C=O) groups is 1. The summed E-state index contributed by atoms with van der Waals surface area (Å²) in [5.41, 5.74) is 2.53. The standard InChI is InChI=1S/C13H18N2O2/c1-3-15(4-2)12-10(13(16)17)8-9-6-5-7-11(9)14-12/h8H,3-7H2,1-2H3,(H,16,17). The molecule has 0 aromatic carbocycles. The molecule has 0 aliphatic heterocycles. The first-order valence-corrected chi connectivity index (χ1v) is 6.18. The Balaban J connectivity index is 2.51. The predicted octanol–water partition coefficient (Wildman–Crippen LogP) is 2.11. The molecule has 0 amide bonds. The van der Waals surface area contributed by atoms with E-state index in [0.29, 0.717) is 11.4 Å². The topological polar surface area (TPSA) is 53.4 Å². The van der Waals surface area contributed by atoms with E-state index in [2.05, 4.69) is 4.98 Å². The van der Waals surface area contributed by atoms with E-state index >= 15 is 0 Å². The number of pyridine rings is 1. The minimum absolute atomic E-state index is 0.342. The maximum absolute atomic E-state index is 11.3. The molecule has 1 heterocycles. The normalized spacial score (nSPS) is 13.5. The molecule has 1 aromatic heterocycles. The van der Waals surface area contributed by atoms with Crippen molar-refractivity contribution in [3.05, 3.63) is 22.9 Å². The maximum Gasteiger partial charge on any atom is 0.339 e. The van der Waals surface area contributed by atoms with Gasteiger partial charge >= 0.3 is 5.97 Å². The lowest BCUT2D eigenvalue weighted by atomic mass is 10.1. The van der Waals surface area contributed by atoms with Crippen LogP contribution in [0.1, 0.15) is 41.9 Å². The molecule has 0 fully saturated rings. The summed E-state index contributed by atoms with van der Waals surface area (Å²) in [4.78, 5) is 17.9. The summed E-state index contributed by atoms with van der Waals surface area (Å²) in [5, 5.41) is 9.27. The van der Waals surface area contributed by atoms with Crippen LogP contribution in [-0.4, -0.2) is 29.1 Å². The molecule has 0 saturated heterocycles. The molecule has 0 bridgehead atoms. The third-order valence-electron chi connectivity index (χ3n) is 3.32. The van der Waals surface area contributed by atoms with Gasteiger partial charge in [-0.2, -0.15) is 0 Å². The van der Waals surface area contributed by atoms with Crippen LogP contribution in [0.5, 0.6) is 0 Å². The quantitative estimate of drug-likeness (QED) is 0.867. The second-order valence-electron chi connectivity index (χ2n) is 4.30. The molecule has 1 aromatic rings.